The van der Waals surface area contributed by atoms with Crippen LogP contribution in [0.25, 0.3) is 5.69 Å². The number of aromatic nitrogens is 2. The summed E-state index contributed by atoms with van der Waals surface area (Å²) < 4.78 is 20.2. The lowest BCUT2D eigenvalue weighted by atomic mass is 10.1. The van der Waals surface area contributed by atoms with E-state index in [0.29, 0.717) is 29.4 Å². The lowest BCUT2D eigenvalue weighted by molar-refractivity contribution is 0.0949. The second kappa shape index (κ2) is 11.1. The molecule has 1 N–H and O–H groups in total. The molecule has 7 nitrogen and oxygen atoms in total. The second-order valence-corrected chi connectivity index (χ2v) is 8.52. The molecule has 8 heteroatoms. The van der Waals surface area contributed by atoms with Gasteiger partial charge in [-0.05, 0) is 81.2 Å². The first-order chi connectivity index (χ1) is 16.5. The fraction of sp³-hybridized carbons (Fsp3) is 0.346. The highest BCUT2D eigenvalue weighted by molar-refractivity contribution is 5.94. The summed E-state index contributed by atoms with van der Waals surface area (Å²) >= 11 is 0. The summed E-state index contributed by atoms with van der Waals surface area (Å²) in [5.41, 5.74) is 1.36. The van der Waals surface area contributed by atoms with Crippen molar-refractivity contribution in [3.8, 4) is 11.6 Å². The fourth-order valence-electron chi connectivity index (χ4n) is 4.06. The number of nitrogens with one attached hydrogen (secondary N) is 1. The molecular formula is C26H29FN4O3. The minimum atomic E-state index is -0.343. The van der Waals surface area contributed by atoms with E-state index in [1.165, 1.54) is 41.8 Å². The predicted octanol–water partition coefficient (Wildman–Crippen LogP) is 3.55. The number of halogens is 1. The minimum Gasteiger partial charge on any atom is -0.472 e. The molecule has 1 amide bonds. The van der Waals surface area contributed by atoms with Gasteiger partial charge in [0.25, 0.3) is 11.5 Å². The van der Waals surface area contributed by atoms with E-state index in [2.05, 4.69) is 22.2 Å². The van der Waals surface area contributed by atoms with Crippen molar-refractivity contribution in [3.63, 3.8) is 0 Å². The summed E-state index contributed by atoms with van der Waals surface area (Å²) in [7, 11) is 0. The van der Waals surface area contributed by atoms with Crippen LogP contribution in [0.4, 0.5) is 4.39 Å². The lowest BCUT2D eigenvalue weighted by Gasteiger charge is -2.23. The first-order valence-corrected chi connectivity index (χ1v) is 11.6. The van der Waals surface area contributed by atoms with Gasteiger partial charge in [0.2, 0.25) is 5.88 Å². The smallest absolute Gasteiger partial charge is 0.271 e. The van der Waals surface area contributed by atoms with Crippen LogP contribution in [0.2, 0.25) is 0 Å². The lowest BCUT2D eigenvalue weighted by Crippen LogP contribution is -2.34. The molecule has 1 fully saturated rings. The van der Waals surface area contributed by atoms with Gasteiger partial charge in [0.05, 0.1) is 5.69 Å². The number of hydrogen-bond acceptors (Lipinski definition) is 5. The quantitative estimate of drug-likeness (QED) is 0.524. The van der Waals surface area contributed by atoms with Gasteiger partial charge in [-0.3, -0.25) is 9.59 Å². The molecule has 0 radical (unpaired) electrons. The topological polar surface area (TPSA) is 76.5 Å². The van der Waals surface area contributed by atoms with Crippen LogP contribution in [-0.2, 0) is 6.61 Å². The van der Waals surface area contributed by atoms with Crippen LogP contribution in [0, 0.1) is 5.82 Å². The highest BCUT2D eigenvalue weighted by atomic mass is 19.1. The third-order valence-corrected chi connectivity index (χ3v) is 6.04. The Kier molecular flexibility index (Phi) is 7.69. The average molecular weight is 465 g/mol. The van der Waals surface area contributed by atoms with Crippen LogP contribution in [0.1, 0.15) is 42.1 Å². The Hall–Kier alpha value is -3.52. The number of likely N-dealkylation sites (tertiary alicyclic amines) is 1. The molecule has 0 spiro atoms. The maximum absolute atomic E-state index is 13.3. The molecule has 2 aromatic carbocycles. The standard InChI is InChI=1S/C26H29FN4O3/c1-19(30-15-2-3-16-30)13-14-28-26(33)21-7-9-23(10-8-21)31-25(32)12-11-24(29-31)34-18-20-5-4-6-22(27)17-20/h4-12,17,19H,2-3,13-16,18H2,1H3,(H,28,33)/t19-/m0/s1. The Labute approximate surface area is 198 Å². The first kappa shape index (κ1) is 23.6. The molecular weight excluding hydrogens is 435 g/mol. The summed E-state index contributed by atoms with van der Waals surface area (Å²) in [6.07, 6.45) is 3.41. The van der Waals surface area contributed by atoms with Crippen molar-refractivity contribution in [2.45, 2.75) is 38.8 Å². The van der Waals surface area contributed by atoms with E-state index in [9.17, 15) is 14.0 Å². The van der Waals surface area contributed by atoms with Crippen LogP contribution in [0.3, 0.4) is 0 Å². The zero-order valence-electron chi connectivity index (χ0n) is 19.2. The Morgan fingerprint density at radius 2 is 1.88 bits per heavy atom. The van der Waals surface area contributed by atoms with E-state index < -0.39 is 0 Å². The minimum absolute atomic E-state index is 0.123. The second-order valence-electron chi connectivity index (χ2n) is 8.52. The molecule has 0 bridgehead atoms. The Morgan fingerprint density at radius 3 is 2.62 bits per heavy atom. The number of nitrogens with zero attached hydrogens (tertiary/aromatic N) is 3. The van der Waals surface area contributed by atoms with Gasteiger partial charge in [0.15, 0.2) is 0 Å². The summed E-state index contributed by atoms with van der Waals surface area (Å²) in [6.45, 7) is 5.22. The van der Waals surface area contributed by atoms with Crippen molar-refractivity contribution in [1.82, 2.24) is 20.0 Å². The summed E-state index contributed by atoms with van der Waals surface area (Å²) in [5, 5.41) is 7.22. The van der Waals surface area contributed by atoms with Crippen molar-refractivity contribution >= 4 is 5.91 Å². The van der Waals surface area contributed by atoms with Crippen molar-refractivity contribution in [2.75, 3.05) is 19.6 Å². The third-order valence-electron chi connectivity index (χ3n) is 6.04. The average Bonchev–Trinajstić information content (AvgIpc) is 3.39. The molecule has 4 rings (SSSR count). The van der Waals surface area contributed by atoms with Crippen molar-refractivity contribution in [2.24, 2.45) is 0 Å². The molecule has 1 atom stereocenters. The first-order valence-electron chi connectivity index (χ1n) is 11.6. The van der Waals surface area contributed by atoms with Gasteiger partial charge in [0, 0.05) is 30.3 Å². The number of benzene rings is 2. The number of ether oxygens (including phenoxy) is 1. The maximum Gasteiger partial charge on any atom is 0.271 e. The largest absolute Gasteiger partial charge is 0.472 e. The zero-order chi connectivity index (χ0) is 23.9. The number of hydrogen-bond donors (Lipinski definition) is 1. The Bertz CT molecular complexity index is 1170. The molecule has 1 aliphatic heterocycles. The number of amides is 1. The monoisotopic (exact) mass is 464 g/mol. The number of carbonyl (C=O) groups excluding carboxylic acids is 1. The Morgan fingerprint density at radius 1 is 1.12 bits per heavy atom. The molecule has 0 aliphatic carbocycles. The predicted molar refractivity (Wildman–Crippen MR) is 128 cm³/mol. The molecule has 0 saturated carbocycles. The zero-order valence-corrected chi connectivity index (χ0v) is 19.2. The molecule has 1 saturated heterocycles. The van der Waals surface area contributed by atoms with Crippen molar-refractivity contribution in [3.05, 3.63) is 88.0 Å². The number of rotatable bonds is 9. The fourth-order valence-corrected chi connectivity index (χ4v) is 4.06. The van der Waals surface area contributed by atoms with E-state index in [1.807, 2.05) is 0 Å². The van der Waals surface area contributed by atoms with Gasteiger partial charge < -0.3 is 15.0 Å². The van der Waals surface area contributed by atoms with Gasteiger partial charge in [-0.25, -0.2) is 4.39 Å². The van der Waals surface area contributed by atoms with E-state index in [-0.39, 0.29) is 29.8 Å². The van der Waals surface area contributed by atoms with Gasteiger partial charge in [-0.2, -0.15) is 4.68 Å². The van der Waals surface area contributed by atoms with Gasteiger partial charge in [-0.1, -0.05) is 12.1 Å². The third kappa shape index (κ3) is 6.08. The highest BCUT2D eigenvalue weighted by Crippen LogP contribution is 2.14. The van der Waals surface area contributed by atoms with E-state index in [0.717, 1.165) is 19.5 Å². The summed E-state index contributed by atoms with van der Waals surface area (Å²) in [4.78, 5) is 27.3. The normalized spacial score (nSPS) is 14.6. The SMILES string of the molecule is C[C@@H](CCNC(=O)c1ccc(-n2nc(OCc3cccc(F)c3)ccc2=O)cc1)N1CCCC1. The molecule has 178 valence electrons. The summed E-state index contributed by atoms with van der Waals surface area (Å²) in [5.74, 6) is -0.255. The molecule has 2 heterocycles. The van der Waals surface area contributed by atoms with Crippen LogP contribution in [0.15, 0.2) is 65.5 Å². The molecule has 1 aliphatic rings. The molecule has 34 heavy (non-hydrogen) atoms. The van der Waals surface area contributed by atoms with Crippen LogP contribution in [-0.4, -0.2) is 46.3 Å². The highest BCUT2D eigenvalue weighted by Gasteiger charge is 2.18. The molecule has 3 aromatic rings. The van der Waals surface area contributed by atoms with Crippen LogP contribution >= 0.6 is 0 Å². The maximum atomic E-state index is 13.3. The van der Waals surface area contributed by atoms with Crippen LogP contribution in [0.5, 0.6) is 5.88 Å². The van der Waals surface area contributed by atoms with Gasteiger partial charge in [-0.15, -0.1) is 5.10 Å². The van der Waals surface area contributed by atoms with E-state index in [1.54, 1.807) is 36.4 Å². The van der Waals surface area contributed by atoms with Crippen molar-refractivity contribution in [1.29, 1.82) is 0 Å². The van der Waals surface area contributed by atoms with Gasteiger partial charge in [0.1, 0.15) is 12.4 Å². The Balaban J connectivity index is 1.35. The molecule has 0 unspecified atom stereocenters. The number of carbonyl (C=O) groups is 1. The van der Waals surface area contributed by atoms with Gasteiger partial charge >= 0.3 is 0 Å². The summed E-state index contributed by atoms with van der Waals surface area (Å²) in [6, 6.07) is 16.1. The van der Waals surface area contributed by atoms with E-state index >= 15 is 0 Å². The van der Waals surface area contributed by atoms with Crippen molar-refractivity contribution < 1.29 is 13.9 Å². The van der Waals surface area contributed by atoms with E-state index in [4.69, 9.17) is 4.74 Å². The van der Waals surface area contributed by atoms with Crippen LogP contribution < -0.4 is 15.6 Å². The molecule has 1 aromatic heterocycles.